The van der Waals surface area contributed by atoms with E-state index in [2.05, 4.69) is 31.7 Å². The number of nitrogens with one attached hydrogen (secondary N) is 2. The van der Waals surface area contributed by atoms with Crippen molar-refractivity contribution in [1.29, 1.82) is 0 Å². The van der Waals surface area contributed by atoms with Gasteiger partial charge in [-0.3, -0.25) is 9.97 Å². The molecule has 5 heteroatoms. The fourth-order valence-corrected chi connectivity index (χ4v) is 2.03. The molecule has 2 heterocycles. The van der Waals surface area contributed by atoms with E-state index in [0.29, 0.717) is 5.82 Å². The predicted molar refractivity (Wildman–Crippen MR) is 81.3 cm³/mol. The molecule has 20 heavy (non-hydrogen) atoms. The number of hydrogen-bond acceptors (Lipinski definition) is 5. The van der Waals surface area contributed by atoms with E-state index in [4.69, 9.17) is 0 Å². The quantitative estimate of drug-likeness (QED) is 0.761. The van der Waals surface area contributed by atoms with Crippen molar-refractivity contribution in [3.05, 3.63) is 48.4 Å². The number of aryl methyl sites for hydroxylation is 1. The minimum Gasteiger partial charge on any atom is -0.372 e. The van der Waals surface area contributed by atoms with Crippen molar-refractivity contribution >= 4 is 28.2 Å². The van der Waals surface area contributed by atoms with Crippen molar-refractivity contribution in [2.45, 2.75) is 6.92 Å². The fourth-order valence-electron chi connectivity index (χ4n) is 2.03. The summed E-state index contributed by atoms with van der Waals surface area (Å²) >= 11 is 0. The largest absolute Gasteiger partial charge is 0.372 e. The molecule has 0 bridgehead atoms. The van der Waals surface area contributed by atoms with E-state index in [9.17, 15) is 0 Å². The van der Waals surface area contributed by atoms with Crippen molar-refractivity contribution in [3.8, 4) is 0 Å². The first-order valence-corrected chi connectivity index (χ1v) is 6.39. The number of benzene rings is 1. The molecular formula is C15H15N5. The Morgan fingerprint density at radius 2 is 1.80 bits per heavy atom. The van der Waals surface area contributed by atoms with E-state index >= 15 is 0 Å². The summed E-state index contributed by atoms with van der Waals surface area (Å²) in [7, 11) is 1.82. The Labute approximate surface area is 117 Å². The molecule has 0 fully saturated rings. The van der Waals surface area contributed by atoms with E-state index in [1.165, 1.54) is 0 Å². The average Bonchev–Trinajstić information content (AvgIpc) is 2.48. The zero-order valence-electron chi connectivity index (χ0n) is 11.4. The molecule has 0 amide bonds. The Kier molecular flexibility index (Phi) is 3.16. The van der Waals surface area contributed by atoms with E-state index in [1.54, 1.807) is 12.4 Å². The highest BCUT2D eigenvalue weighted by atomic mass is 15.1. The second kappa shape index (κ2) is 5.13. The van der Waals surface area contributed by atoms with Crippen molar-refractivity contribution in [1.82, 2.24) is 15.0 Å². The van der Waals surface area contributed by atoms with Crippen LogP contribution in [-0.4, -0.2) is 22.0 Å². The lowest BCUT2D eigenvalue weighted by molar-refractivity contribution is 1.18. The first-order chi connectivity index (χ1) is 9.76. The summed E-state index contributed by atoms with van der Waals surface area (Å²) in [5, 5.41) is 7.34. The van der Waals surface area contributed by atoms with Gasteiger partial charge in [0.2, 0.25) is 0 Å². The number of hydrogen-bond donors (Lipinski definition) is 2. The molecule has 0 unspecified atom stereocenters. The van der Waals surface area contributed by atoms with E-state index in [1.807, 2.05) is 38.2 Å². The summed E-state index contributed by atoms with van der Waals surface area (Å²) in [6.45, 7) is 1.98. The normalized spacial score (nSPS) is 10.5. The van der Waals surface area contributed by atoms with Crippen molar-refractivity contribution in [2.75, 3.05) is 17.7 Å². The SMILES string of the molecule is CNc1cncc(Nc2cccc3ccc(C)nc23)n1. The zero-order valence-corrected chi connectivity index (χ0v) is 11.4. The van der Waals surface area contributed by atoms with Gasteiger partial charge in [-0.25, -0.2) is 4.98 Å². The van der Waals surface area contributed by atoms with Crippen LogP contribution in [0.15, 0.2) is 42.7 Å². The van der Waals surface area contributed by atoms with Gasteiger partial charge in [0.25, 0.3) is 0 Å². The molecule has 0 saturated carbocycles. The van der Waals surface area contributed by atoms with E-state index in [0.717, 1.165) is 28.1 Å². The van der Waals surface area contributed by atoms with Crippen LogP contribution in [-0.2, 0) is 0 Å². The summed E-state index contributed by atoms with van der Waals surface area (Å²) in [5.41, 5.74) is 2.85. The molecule has 0 spiro atoms. The molecule has 0 aliphatic heterocycles. The standard InChI is InChI=1S/C15H15N5/c1-10-6-7-11-4-3-5-12(15(11)18-10)19-14-9-17-8-13(16-2)20-14/h3-9H,1-2H3,(H2,16,19,20). The van der Waals surface area contributed by atoms with Gasteiger partial charge in [0, 0.05) is 18.1 Å². The van der Waals surface area contributed by atoms with Crippen molar-refractivity contribution < 1.29 is 0 Å². The Hall–Kier alpha value is -2.69. The molecule has 0 atom stereocenters. The maximum atomic E-state index is 4.59. The third-order valence-electron chi connectivity index (χ3n) is 3.01. The number of fused-ring (bicyclic) bond motifs is 1. The van der Waals surface area contributed by atoms with Crippen LogP contribution < -0.4 is 10.6 Å². The first-order valence-electron chi connectivity index (χ1n) is 6.39. The van der Waals surface area contributed by atoms with Gasteiger partial charge < -0.3 is 10.6 Å². The molecule has 2 aromatic heterocycles. The predicted octanol–water partition coefficient (Wildman–Crippen LogP) is 3.12. The van der Waals surface area contributed by atoms with Gasteiger partial charge in [-0.1, -0.05) is 18.2 Å². The van der Waals surface area contributed by atoms with Crippen molar-refractivity contribution in [3.63, 3.8) is 0 Å². The Morgan fingerprint density at radius 3 is 2.65 bits per heavy atom. The molecule has 3 rings (SSSR count). The lowest BCUT2D eigenvalue weighted by Crippen LogP contribution is -2.00. The first kappa shape index (κ1) is 12.3. The number of pyridine rings is 1. The maximum absolute atomic E-state index is 4.59. The molecule has 100 valence electrons. The minimum atomic E-state index is 0.688. The van der Waals surface area contributed by atoms with E-state index in [-0.39, 0.29) is 0 Å². The summed E-state index contributed by atoms with van der Waals surface area (Å²) in [5.74, 6) is 1.41. The van der Waals surface area contributed by atoms with Crippen LogP contribution in [0.4, 0.5) is 17.3 Å². The monoisotopic (exact) mass is 265 g/mol. The lowest BCUT2D eigenvalue weighted by Gasteiger charge is -2.09. The molecular weight excluding hydrogens is 250 g/mol. The highest BCUT2D eigenvalue weighted by Gasteiger charge is 2.04. The third-order valence-corrected chi connectivity index (χ3v) is 3.01. The fraction of sp³-hybridized carbons (Fsp3) is 0.133. The summed E-state index contributed by atoms with van der Waals surface area (Å²) < 4.78 is 0. The molecule has 0 saturated heterocycles. The Morgan fingerprint density at radius 1 is 0.950 bits per heavy atom. The van der Waals surface area contributed by atoms with E-state index < -0.39 is 0 Å². The lowest BCUT2D eigenvalue weighted by atomic mass is 10.2. The number of anilines is 3. The zero-order chi connectivity index (χ0) is 13.9. The highest BCUT2D eigenvalue weighted by Crippen LogP contribution is 2.24. The summed E-state index contributed by atoms with van der Waals surface area (Å²) in [6.07, 6.45) is 3.37. The van der Waals surface area contributed by atoms with Gasteiger partial charge >= 0.3 is 0 Å². The number of para-hydroxylation sites is 1. The number of rotatable bonds is 3. The highest BCUT2D eigenvalue weighted by molar-refractivity contribution is 5.91. The van der Waals surface area contributed by atoms with Gasteiger partial charge in [-0.05, 0) is 19.1 Å². The molecule has 2 N–H and O–H groups in total. The van der Waals surface area contributed by atoms with Crippen LogP contribution in [0.1, 0.15) is 5.69 Å². The average molecular weight is 265 g/mol. The molecule has 0 aliphatic carbocycles. The van der Waals surface area contributed by atoms with Gasteiger partial charge in [0.05, 0.1) is 23.6 Å². The third kappa shape index (κ3) is 2.38. The molecule has 0 aliphatic rings. The van der Waals surface area contributed by atoms with Crippen LogP contribution in [0.25, 0.3) is 10.9 Å². The summed E-state index contributed by atoms with van der Waals surface area (Å²) in [6, 6.07) is 10.1. The van der Waals surface area contributed by atoms with Crippen LogP contribution in [0.5, 0.6) is 0 Å². The maximum Gasteiger partial charge on any atom is 0.151 e. The summed E-state index contributed by atoms with van der Waals surface area (Å²) in [4.78, 5) is 13.1. The number of nitrogens with zero attached hydrogens (tertiary/aromatic N) is 3. The second-order valence-corrected chi connectivity index (χ2v) is 4.49. The van der Waals surface area contributed by atoms with Gasteiger partial charge in [0.15, 0.2) is 5.82 Å². The smallest absolute Gasteiger partial charge is 0.151 e. The number of aromatic nitrogens is 3. The second-order valence-electron chi connectivity index (χ2n) is 4.49. The molecule has 1 aromatic carbocycles. The Balaban J connectivity index is 2.03. The van der Waals surface area contributed by atoms with Gasteiger partial charge in [0.1, 0.15) is 5.82 Å². The van der Waals surface area contributed by atoms with Crippen LogP contribution >= 0.6 is 0 Å². The van der Waals surface area contributed by atoms with Crippen LogP contribution in [0.2, 0.25) is 0 Å². The minimum absolute atomic E-state index is 0.688. The Bertz CT molecular complexity index is 754. The topological polar surface area (TPSA) is 62.7 Å². The van der Waals surface area contributed by atoms with Gasteiger partial charge in [-0.2, -0.15) is 0 Å². The van der Waals surface area contributed by atoms with Crippen LogP contribution in [0, 0.1) is 6.92 Å². The molecule has 3 aromatic rings. The van der Waals surface area contributed by atoms with Crippen LogP contribution in [0.3, 0.4) is 0 Å². The molecule has 5 nitrogen and oxygen atoms in total. The molecule has 0 radical (unpaired) electrons. The van der Waals surface area contributed by atoms with Gasteiger partial charge in [-0.15, -0.1) is 0 Å². The van der Waals surface area contributed by atoms with Crippen molar-refractivity contribution in [2.24, 2.45) is 0 Å².